The summed E-state index contributed by atoms with van der Waals surface area (Å²) in [5.41, 5.74) is -0.918. The normalized spacial score (nSPS) is 19.8. The van der Waals surface area contributed by atoms with Crippen LogP contribution in [0.5, 0.6) is 0 Å². The van der Waals surface area contributed by atoms with Gasteiger partial charge in [-0.3, -0.25) is 9.59 Å². The van der Waals surface area contributed by atoms with Crippen molar-refractivity contribution in [1.29, 1.82) is 0 Å². The Labute approximate surface area is 229 Å². The first-order chi connectivity index (χ1) is 19.1. The highest BCUT2D eigenvalue weighted by atomic mass is 35.5. The lowest BCUT2D eigenvalue weighted by Gasteiger charge is -2.11. The SMILES string of the molecule is Cn1c(-c2cn(-c3ncccn3)nc2C(F)(F)F)cnc1C(=O)Nc1ccc(C(=O)N[C@@H]2[C@@H]3CNC[C@@H]32)c(Cl)c1. The Balaban J connectivity index is 1.21. The molecule has 2 amide bonds. The number of anilines is 1. The molecule has 1 saturated heterocycles. The first kappa shape index (κ1) is 26.0. The molecule has 4 heterocycles. The lowest BCUT2D eigenvalue weighted by molar-refractivity contribution is -0.140. The molecule has 1 saturated carbocycles. The molecule has 15 heteroatoms. The van der Waals surface area contributed by atoms with Crippen molar-refractivity contribution in [2.45, 2.75) is 12.2 Å². The van der Waals surface area contributed by atoms with Gasteiger partial charge in [-0.2, -0.15) is 18.3 Å². The highest BCUT2D eigenvalue weighted by Crippen LogP contribution is 2.42. The van der Waals surface area contributed by atoms with E-state index in [4.69, 9.17) is 11.6 Å². The zero-order valence-corrected chi connectivity index (χ0v) is 21.5. The Morgan fingerprint density at radius 3 is 2.50 bits per heavy atom. The number of aromatic nitrogens is 6. The van der Waals surface area contributed by atoms with Crippen molar-refractivity contribution >= 4 is 29.1 Å². The van der Waals surface area contributed by atoms with Crippen LogP contribution in [0.3, 0.4) is 0 Å². The number of fused-ring (bicyclic) bond motifs is 1. The molecule has 6 rings (SSSR count). The summed E-state index contributed by atoms with van der Waals surface area (Å²) in [6.07, 6.45) is 0.252. The van der Waals surface area contributed by atoms with Gasteiger partial charge in [-0.1, -0.05) is 11.6 Å². The summed E-state index contributed by atoms with van der Waals surface area (Å²) < 4.78 is 43.7. The summed E-state index contributed by atoms with van der Waals surface area (Å²) in [4.78, 5) is 37.6. The van der Waals surface area contributed by atoms with Crippen LogP contribution in [0.1, 0.15) is 26.7 Å². The molecule has 0 radical (unpaired) electrons. The molecule has 40 heavy (non-hydrogen) atoms. The fraction of sp³-hybridized carbons (Fsp3) is 0.280. The molecular weight excluding hydrogens is 551 g/mol. The van der Waals surface area contributed by atoms with Gasteiger partial charge >= 0.3 is 6.18 Å². The Morgan fingerprint density at radius 1 is 1.10 bits per heavy atom. The Kier molecular flexibility index (Phi) is 6.30. The molecule has 11 nitrogen and oxygen atoms in total. The number of hydrogen-bond acceptors (Lipinski definition) is 7. The molecule has 1 aliphatic carbocycles. The number of carbonyl (C=O) groups excluding carboxylic acids is 2. The van der Waals surface area contributed by atoms with E-state index in [1.54, 1.807) is 0 Å². The summed E-state index contributed by atoms with van der Waals surface area (Å²) in [5.74, 6) is -0.302. The Bertz CT molecular complexity index is 1610. The van der Waals surface area contributed by atoms with Gasteiger partial charge in [0.1, 0.15) is 0 Å². The van der Waals surface area contributed by atoms with Crippen LogP contribution in [0, 0.1) is 11.8 Å². The van der Waals surface area contributed by atoms with E-state index in [0.717, 1.165) is 30.2 Å². The molecule has 4 aromatic rings. The minimum atomic E-state index is -4.79. The number of benzene rings is 1. The molecule has 1 aromatic carbocycles. The maximum Gasteiger partial charge on any atom is 0.435 e. The monoisotopic (exact) mass is 571 g/mol. The van der Waals surface area contributed by atoms with Crippen molar-refractivity contribution in [3.05, 3.63) is 71.2 Å². The van der Waals surface area contributed by atoms with Crippen molar-refractivity contribution in [3.63, 3.8) is 0 Å². The van der Waals surface area contributed by atoms with Gasteiger partial charge in [0.2, 0.25) is 5.95 Å². The van der Waals surface area contributed by atoms with E-state index < -0.39 is 17.8 Å². The van der Waals surface area contributed by atoms with Gasteiger partial charge in [-0.25, -0.2) is 19.6 Å². The number of rotatable bonds is 6. The quantitative estimate of drug-likeness (QED) is 0.324. The third-order valence-corrected chi connectivity index (χ3v) is 7.38. The highest BCUT2D eigenvalue weighted by molar-refractivity contribution is 6.34. The predicted octanol–water partition coefficient (Wildman–Crippen LogP) is 2.93. The van der Waals surface area contributed by atoms with Gasteiger partial charge in [0.25, 0.3) is 11.8 Å². The van der Waals surface area contributed by atoms with E-state index >= 15 is 0 Å². The summed E-state index contributed by atoms with van der Waals surface area (Å²) in [6, 6.07) is 6.11. The highest BCUT2D eigenvalue weighted by Gasteiger charge is 2.53. The van der Waals surface area contributed by atoms with Crippen molar-refractivity contribution in [3.8, 4) is 17.2 Å². The molecule has 0 spiro atoms. The topological polar surface area (TPSA) is 132 Å². The number of amides is 2. The summed E-state index contributed by atoms with van der Waals surface area (Å²) in [5, 5.41) is 12.7. The zero-order valence-electron chi connectivity index (χ0n) is 20.8. The van der Waals surface area contributed by atoms with E-state index in [0.29, 0.717) is 11.8 Å². The fourth-order valence-corrected chi connectivity index (χ4v) is 5.25. The molecule has 3 N–H and O–H groups in total. The number of alkyl halides is 3. The first-order valence-electron chi connectivity index (χ1n) is 12.2. The van der Waals surface area contributed by atoms with E-state index in [1.165, 1.54) is 48.3 Å². The van der Waals surface area contributed by atoms with Gasteiger partial charge in [-0.05, 0) is 36.1 Å². The van der Waals surface area contributed by atoms with Crippen LogP contribution in [0.2, 0.25) is 5.02 Å². The zero-order chi connectivity index (χ0) is 28.2. The second-order valence-corrected chi connectivity index (χ2v) is 9.95. The van der Waals surface area contributed by atoms with Crippen molar-refractivity contribution < 1.29 is 22.8 Å². The summed E-state index contributed by atoms with van der Waals surface area (Å²) in [6.45, 7) is 1.76. The molecule has 1 aliphatic heterocycles. The lowest BCUT2D eigenvalue weighted by atomic mass is 10.2. The van der Waals surface area contributed by atoms with Crippen LogP contribution >= 0.6 is 11.6 Å². The number of nitrogens with zero attached hydrogens (tertiary/aromatic N) is 6. The van der Waals surface area contributed by atoms with Crippen LogP contribution in [0.15, 0.2) is 49.1 Å². The van der Waals surface area contributed by atoms with Gasteiger partial charge in [0.15, 0.2) is 11.5 Å². The molecule has 2 fully saturated rings. The van der Waals surface area contributed by atoms with Gasteiger partial charge in [0, 0.05) is 50.5 Å². The van der Waals surface area contributed by atoms with E-state index in [9.17, 15) is 22.8 Å². The van der Waals surface area contributed by atoms with E-state index in [2.05, 4.69) is 36.0 Å². The summed E-state index contributed by atoms with van der Waals surface area (Å²) in [7, 11) is 1.41. The minimum absolute atomic E-state index is 0.00440. The molecule has 3 aromatic heterocycles. The Morgan fingerprint density at radius 2 is 1.82 bits per heavy atom. The maximum atomic E-state index is 13.8. The largest absolute Gasteiger partial charge is 0.435 e. The third kappa shape index (κ3) is 4.69. The maximum absolute atomic E-state index is 13.8. The van der Waals surface area contributed by atoms with Crippen LogP contribution in [0.4, 0.5) is 18.9 Å². The van der Waals surface area contributed by atoms with Crippen LogP contribution < -0.4 is 16.0 Å². The second-order valence-electron chi connectivity index (χ2n) is 9.54. The van der Waals surface area contributed by atoms with Crippen molar-refractivity contribution in [1.82, 2.24) is 39.9 Å². The molecular formula is C25H21ClF3N9O2. The van der Waals surface area contributed by atoms with E-state index in [-0.39, 0.29) is 51.3 Å². The minimum Gasteiger partial charge on any atom is -0.349 e. The number of imidazole rings is 1. The van der Waals surface area contributed by atoms with Crippen molar-refractivity contribution in [2.24, 2.45) is 18.9 Å². The molecule has 0 bridgehead atoms. The van der Waals surface area contributed by atoms with E-state index in [1.807, 2.05) is 0 Å². The third-order valence-electron chi connectivity index (χ3n) is 7.07. The molecule has 3 atom stereocenters. The van der Waals surface area contributed by atoms with Crippen LogP contribution in [-0.2, 0) is 13.2 Å². The standard InChI is InChI=1S/C25H21ClF3N9O2/c1-37-18(16-11-38(24-31-5-2-6-32-24)36-20(16)25(27,28)29)10-33-21(37)23(40)34-12-3-4-13(17(26)7-12)22(39)35-19-14-8-30-9-15(14)19/h2-7,10-11,14-15,19,30H,8-9H2,1H3,(H,34,40)(H,35,39)/t14-,15+,19-. The molecule has 0 unspecified atom stereocenters. The average molecular weight is 572 g/mol. The van der Waals surface area contributed by atoms with Crippen LogP contribution in [-0.4, -0.2) is 60.2 Å². The Hall–Kier alpha value is -4.30. The number of hydrogen-bond donors (Lipinski definition) is 3. The van der Waals surface area contributed by atoms with Crippen molar-refractivity contribution in [2.75, 3.05) is 18.4 Å². The second kappa shape index (κ2) is 9.71. The number of carbonyl (C=O) groups is 2. The molecule has 206 valence electrons. The van der Waals surface area contributed by atoms with Gasteiger partial charge < -0.3 is 20.5 Å². The lowest BCUT2D eigenvalue weighted by Crippen LogP contribution is -2.32. The average Bonchev–Trinajstić information content (AvgIpc) is 3.37. The smallest absolute Gasteiger partial charge is 0.349 e. The van der Waals surface area contributed by atoms with Gasteiger partial charge in [-0.15, -0.1) is 0 Å². The predicted molar refractivity (Wildman–Crippen MR) is 137 cm³/mol. The number of halogens is 4. The van der Waals surface area contributed by atoms with Gasteiger partial charge in [0.05, 0.1) is 28.0 Å². The molecule has 2 aliphatic rings. The fourth-order valence-electron chi connectivity index (χ4n) is 4.98. The first-order valence-corrected chi connectivity index (χ1v) is 12.6. The summed E-state index contributed by atoms with van der Waals surface area (Å²) >= 11 is 6.34. The van der Waals surface area contributed by atoms with Crippen LogP contribution in [0.25, 0.3) is 17.2 Å². The number of nitrogens with one attached hydrogen (secondary N) is 3. The number of piperidine rings is 1.